The fourth-order valence-corrected chi connectivity index (χ4v) is 6.40. The number of halogens is 1. The largest absolute Gasteiger partial charge is 0.493 e. The minimum absolute atomic E-state index is 0.0872. The molecule has 4 nitrogen and oxygen atoms in total. The molecule has 2 aliphatic heterocycles. The van der Waals surface area contributed by atoms with Gasteiger partial charge in [0.15, 0.2) is 0 Å². The highest BCUT2D eigenvalue weighted by molar-refractivity contribution is 6.30. The number of ether oxygens (including phenoxy) is 1. The molecule has 1 N–H and O–H groups in total. The molecule has 1 amide bonds. The van der Waals surface area contributed by atoms with Crippen molar-refractivity contribution in [1.29, 1.82) is 0 Å². The van der Waals surface area contributed by atoms with Gasteiger partial charge in [0, 0.05) is 28.6 Å². The summed E-state index contributed by atoms with van der Waals surface area (Å²) in [4.78, 5) is 15.5. The predicted octanol–water partition coefficient (Wildman–Crippen LogP) is 6.90. The van der Waals surface area contributed by atoms with Gasteiger partial charge in [0.05, 0.1) is 6.61 Å². The lowest BCUT2D eigenvalue weighted by molar-refractivity contribution is -0.120. The second kappa shape index (κ2) is 11.1. The number of anilines is 1. The van der Waals surface area contributed by atoms with Crippen molar-refractivity contribution in [3.8, 4) is 5.75 Å². The highest BCUT2D eigenvalue weighted by Crippen LogP contribution is 2.37. The van der Waals surface area contributed by atoms with Gasteiger partial charge in [0.1, 0.15) is 5.75 Å². The fourth-order valence-electron chi connectivity index (χ4n) is 6.28. The second-order valence-corrected chi connectivity index (χ2v) is 10.9. The van der Waals surface area contributed by atoms with E-state index in [1.165, 1.54) is 50.8 Å². The fraction of sp³-hybridized carbons (Fsp3) is 0.552. The number of benzene rings is 2. The van der Waals surface area contributed by atoms with E-state index in [1.807, 2.05) is 36.4 Å². The number of hydrogen-bond donors (Lipinski definition) is 1. The van der Waals surface area contributed by atoms with Gasteiger partial charge in [-0.15, -0.1) is 0 Å². The Morgan fingerprint density at radius 1 is 0.882 bits per heavy atom. The van der Waals surface area contributed by atoms with E-state index < -0.39 is 0 Å². The molecule has 1 aliphatic carbocycles. The smallest absolute Gasteiger partial charge is 0.227 e. The van der Waals surface area contributed by atoms with Gasteiger partial charge in [-0.1, -0.05) is 30.2 Å². The Hall–Kier alpha value is -2.04. The van der Waals surface area contributed by atoms with Crippen molar-refractivity contribution in [2.45, 2.75) is 69.7 Å². The van der Waals surface area contributed by atoms with Crippen molar-refractivity contribution < 1.29 is 9.53 Å². The Bertz CT molecular complexity index is 936. The Morgan fingerprint density at radius 3 is 2.38 bits per heavy atom. The van der Waals surface area contributed by atoms with Crippen LogP contribution in [0.15, 0.2) is 48.5 Å². The molecule has 0 radical (unpaired) electrons. The number of nitrogens with zero attached hydrogens (tertiary/aromatic N) is 1. The van der Waals surface area contributed by atoms with Crippen LogP contribution in [0.25, 0.3) is 0 Å². The number of carbonyl (C=O) groups excluding carboxylic acids is 1. The molecule has 182 valence electrons. The maximum absolute atomic E-state index is 12.8. The standard InChI is InChI=1S/C29H37ClN2O2/c30-25-12-10-22(11-13-25)21-6-8-23(9-7-21)29(33)31-26-14-16-27(17-15-26)34-20-24-4-3-19-32-18-2-1-5-28(24)32/h10-17,21,23-24,28H,1-9,18-20H2,(H,31,33)/t21?,23?,24-,28+/m0/s1. The van der Waals surface area contributed by atoms with E-state index in [2.05, 4.69) is 22.3 Å². The molecule has 3 aliphatic rings. The zero-order valence-corrected chi connectivity index (χ0v) is 20.8. The summed E-state index contributed by atoms with van der Waals surface area (Å²) in [5.41, 5.74) is 2.19. The number of piperidine rings is 2. The van der Waals surface area contributed by atoms with Gasteiger partial charge in [-0.05, 0) is 112 Å². The van der Waals surface area contributed by atoms with Gasteiger partial charge in [-0.3, -0.25) is 9.69 Å². The second-order valence-electron chi connectivity index (χ2n) is 10.4. The van der Waals surface area contributed by atoms with Crippen LogP contribution in [-0.2, 0) is 4.79 Å². The summed E-state index contributed by atoms with van der Waals surface area (Å²) < 4.78 is 6.18. The van der Waals surface area contributed by atoms with Crippen LogP contribution in [0.1, 0.15) is 69.3 Å². The van der Waals surface area contributed by atoms with Gasteiger partial charge in [-0.25, -0.2) is 0 Å². The van der Waals surface area contributed by atoms with Gasteiger partial charge < -0.3 is 10.1 Å². The summed E-state index contributed by atoms with van der Waals surface area (Å²) in [7, 11) is 0. The molecule has 1 saturated carbocycles. The van der Waals surface area contributed by atoms with Crippen LogP contribution >= 0.6 is 11.6 Å². The van der Waals surface area contributed by atoms with Crippen LogP contribution in [-0.4, -0.2) is 36.5 Å². The molecule has 0 spiro atoms. The van der Waals surface area contributed by atoms with Crippen LogP contribution in [0.5, 0.6) is 5.75 Å². The predicted molar refractivity (Wildman–Crippen MR) is 139 cm³/mol. The quantitative estimate of drug-likeness (QED) is 0.489. The van der Waals surface area contributed by atoms with E-state index in [0.29, 0.717) is 17.9 Å². The minimum Gasteiger partial charge on any atom is -0.493 e. The van der Waals surface area contributed by atoms with Gasteiger partial charge in [-0.2, -0.15) is 0 Å². The zero-order valence-electron chi connectivity index (χ0n) is 20.1. The topological polar surface area (TPSA) is 41.6 Å². The third-order valence-electron chi connectivity index (χ3n) is 8.25. The van der Waals surface area contributed by atoms with Crippen molar-refractivity contribution in [3.05, 3.63) is 59.1 Å². The summed E-state index contributed by atoms with van der Waals surface area (Å²) >= 11 is 6.02. The Labute approximate surface area is 209 Å². The highest BCUT2D eigenvalue weighted by atomic mass is 35.5. The zero-order chi connectivity index (χ0) is 23.3. The molecule has 34 heavy (non-hydrogen) atoms. The molecule has 0 aromatic heterocycles. The normalized spacial score (nSPS) is 27.6. The lowest BCUT2D eigenvalue weighted by Crippen LogP contribution is -2.49. The van der Waals surface area contributed by atoms with Crippen LogP contribution in [0.3, 0.4) is 0 Å². The number of rotatable bonds is 6. The van der Waals surface area contributed by atoms with Crippen molar-refractivity contribution >= 4 is 23.2 Å². The molecular weight excluding hydrogens is 444 g/mol. The molecule has 3 fully saturated rings. The monoisotopic (exact) mass is 480 g/mol. The summed E-state index contributed by atoms with van der Waals surface area (Å²) in [6.45, 7) is 3.32. The van der Waals surface area contributed by atoms with Crippen LogP contribution in [0, 0.1) is 11.8 Å². The molecule has 5 heteroatoms. The maximum atomic E-state index is 12.8. The van der Waals surface area contributed by atoms with E-state index in [0.717, 1.165) is 48.7 Å². The molecular formula is C29H37ClN2O2. The van der Waals surface area contributed by atoms with Gasteiger partial charge in [0.25, 0.3) is 0 Å². The van der Waals surface area contributed by atoms with Crippen LogP contribution in [0.4, 0.5) is 5.69 Å². The summed E-state index contributed by atoms with van der Waals surface area (Å²) in [6, 6.07) is 16.8. The van der Waals surface area contributed by atoms with Crippen molar-refractivity contribution in [3.63, 3.8) is 0 Å². The molecule has 2 aromatic carbocycles. The lowest BCUT2D eigenvalue weighted by atomic mass is 9.78. The molecule has 2 atom stereocenters. The number of nitrogens with one attached hydrogen (secondary N) is 1. The molecule has 0 unspecified atom stereocenters. The summed E-state index contributed by atoms with van der Waals surface area (Å²) in [6.07, 6.45) is 10.5. The van der Waals surface area contributed by atoms with Crippen LogP contribution in [0.2, 0.25) is 5.02 Å². The number of hydrogen-bond acceptors (Lipinski definition) is 3. The van der Waals surface area contributed by atoms with E-state index in [9.17, 15) is 4.79 Å². The van der Waals surface area contributed by atoms with Crippen molar-refractivity contribution in [2.24, 2.45) is 11.8 Å². The van der Waals surface area contributed by atoms with Gasteiger partial charge in [0.2, 0.25) is 5.91 Å². The molecule has 0 bridgehead atoms. The maximum Gasteiger partial charge on any atom is 0.227 e. The van der Waals surface area contributed by atoms with Crippen LogP contribution < -0.4 is 10.1 Å². The average Bonchev–Trinajstić information content (AvgIpc) is 2.89. The van der Waals surface area contributed by atoms with E-state index in [1.54, 1.807) is 0 Å². The third-order valence-corrected chi connectivity index (χ3v) is 8.51. The number of carbonyl (C=O) groups is 1. The average molecular weight is 481 g/mol. The van der Waals surface area contributed by atoms with E-state index in [-0.39, 0.29) is 11.8 Å². The lowest BCUT2D eigenvalue weighted by Gasteiger charge is -2.44. The Morgan fingerprint density at radius 2 is 1.62 bits per heavy atom. The molecule has 5 rings (SSSR count). The van der Waals surface area contributed by atoms with E-state index >= 15 is 0 Å². The first kappa shape index (κ1) is 23.7. The Kier molecular flexibility index (Phi) is 7.76. The Balaban J connectivity index is 1.08. The number of amides is 1. The van der Waals surface area contributed by atoms with Gasteiger partial charge >= 0.3 is 0 Å². The first-order valence-corrected chi connectivity index (χ1v) is 13.6. The first-order valence-electron chi connectivity index (χ1n) is 13.2. The first-order chi connectivity index (χ1) is 16.7. The minimum atomic E-state index is 0.0872. The highest BCUT2D eigenvalue weighted by Gasteiger charge is 2.33. The van der Waals surface area contributed by atoms with E-state index in [4.69, 9.17) is 16.3 Å². The SMILES string of the molecule is O=C(Nc1ccc(OC[C@@H]2CCCN3CCCC[C@H]23)cc1)C1CCC(c2ccc(Cl)cc2)CC1. The molecule has 2 aromatic rings. The van der Waals surface area contributed by atoms with Crippen molar-refractivity contribution in [1.82, 2.24) is 4.90 Å². The molecule has 2 saturated heterocycles. The number of fused-ring (bicyclic) bond motifs is 1. The molecule has 2 heterocycles. The van der Waals surface area contributed by atoms with Crippen molar-refractivity contribution in [2.75, 3.05) is 25.0 Å². The third kappa shape index (κ3) is 5.78. The summed E-state index contributed by atoms with van der Waals surface area (Å²) in [5.74, 6) is 2.29. The summed E-state index contributed by atoms with van der Waals surface area (Å²) in [5, 5.41) is 3.90.